The molecule has 406 valence electrons. The summed E-state index contributed by atoms with van der Waals surface area (Å²) in [5.74, 6) is -11.4. The molecule has 0 radical (unpaired) electrons. The van der Waals surface area contributed by atoms with Crippen molar-refractivity contribution in [3.8, 4) is 0 Å². The maximum absolute atomic E-state index is 16.4. The van der Waals surface area contributed by atoms with E-state index in [1.807, 2.05) is 0 Å². The summed E-state index contributed by atoms with van der Waals surface area (Å²) in [5, 5.41) is 2.77. The molecule has 1 spiro atoms. The molecule has 1 amide bonds. The fraction of sp³-hybridized carbons (Fsp3) is 0.472. The molecule has 22 nitrogen and oxygen atoms in total. The van der Waals surface area contributed by atoms with Gasteiger partial charge in [-0.2, -0.15) is 4.89 Å². The Bertz CT molecular complexity index is 2850. The summed E-state index contributed by atoms with van der Waals surface area (Å²) >= 11 is 0. The number of benzene rings is 3. The number of carbonyl (C=O) groups excluding carboxylic acids is 8. The number of esters is 3. The quantitative estimate of drug-likeness (QED) is 0.0367. The van der Waals surface area contributed by atoms with Crippen LogP contribution in [0.1, 0.15) is 93.6 Å². The Labute approximate surface area is 436 Å². The van der Waals surface area contributed by atoms with Gasteiger partial charge < -0.3 is 48.1 Å². The van der Waals surface area contributed by atoms with E-state index in [0.717, 1.165) is 13.6 Å². The summed E-state index contributed by atoms with van der Waals surface area (Å²) in [6.45, 7) is 9.49. The van der Waals surface area contributed by atoms with E-state index in [-0.39, 0.29) is 40.9 Å². The van der Waals surface area contributed by atoms with Crippen LogP contribution >= 0.6 is 7.60 Å². The van der Waals surface area contributed by atoms with Gasteiger partial charge in [-0.15, -0.1) is 0 Å². The molecule has 5 aliphatic rings. The van der Waals surface area contributed by atoms with E-state index in [0.29, 0.717) is 0 Å². The van der Waals surface area contributed by atoms with Crippen LogP contribution in [-0.4, -0.2) is 121 Å². The van der Waals surface area contributed by atoms with Crippen molar-refractivity contribution in [2.24, 2.45) is 22.7 Å². The van der Waals surface area contributed by atoms with E-state index < -0.39 is 145 Å². The second-order valence-electron chi connectivity index (χ2n) is 19.9. The SMILES string of the molecule is CCOC(=O)O[C@@H](C(=O)O[C@@H]1C(C)=C2[C@@H](CC(C)=O)C(=O)[C@]3(C)[C@@H](OCOP(C)(=O)O)C[C@H]4OO[C@@]4(OC(C)=O)[C@H]3[C@H](OC(=O)c3ccccc3)[C@@]3(OC(=O)O[C@@H]13)C2(C)C)[C@@H](NC(=O)c1ccccc1)c1ccccc1. The smallest absolute Gasteiger partial charge is 0.454 e. The summed E-state index contributed by atoms with van der Waals surface area (Å²) in [7, 11) is -4.24. The van der Waals surface area contributed by atoms with Crippen LogP contribution in [0.3, 0.4) is 0 Å². The normalized spacial score (nSPS) is 30.5. The van der Waals surface area contributed by atoms with Crippen LogP contribution in [0.4, 0.5) is 9.59 Å². The highest BCUT2D eigenvalue weighted by atomic mass is 31.2. The highest BCUT2D eigenvalue weighted by Gasteiger charge is 2.84. The number of carbonyl (C=O) groups is 8. The number of ether oxygens (including phenoxy) is 8. The van der Waals surface area contributed by atoms with E-state index in [2.05, 4.69) is 5.32 Å². The van der Waals surface area contributed by atoms with Gasteiger partial charge in [-0.3, -0.25) is 28.3 Å². The largest absolute Gasteiger partial charge is 0.509 e. The van der Waals surface area contributed by atoms with Crippen LogP contribution < -0.4 is 5.32 Å². The predicted octanol–water partition coefficient (Wildman–Crippen LogP) is 6.44. The van der Waals surface area contributed by atoms with Gasteiger partial charge in [0, 0.05) is 43.3 Å². The van der Waals surface area contributed by atoms with Crippen LogP contribution in [0.2, 0.25) is 0 Å². The number of rotatable bonds is 17. The molecule has 13 atom stereocenters. The van der Waals surface area contributed by atoms with Gasteiger partial charge in [0.1, 0.15) is 17.6 Å². The van der Waals surface area contributed by atoms with Crippen molar-refractivity contribution in [3.63, 3.8) is 0 Å². The minimum Gasteiger partial charge on any atom is -0.454 e. The molecular formula is C53H58NO21P. The zero-order valence-corrected chi connectivity index (χ0v) is 43.6. The lowest BCUT2D eigenvalue weighted by molar-refractivity contribution is -0.595. The summed E-state index contributed by atoms with van der Waals surface area (Å²) in [4.78, 5) is 137. The topological polar surface area (TPSA) is 287 Å². The van der Waals surface area contributed by atoms with E-state index in [1.165, 1.54) is 64.1 Å². The van der Waals surface area contributed by atoms with Crippen molar-refractivity contribution in [1.82, 2.24) is 5.32 Å². The molecule has 2 saturated heterocycles. The monoisotopic (exact) mass is 1080 g/mol. The predicted molar refractivity (Wildman–Crippen MR) is 258 cm³/mol. The zero-order valence-electron chi connectivity index (χ0n) is 42.7. The van der Waals surface area contributed by atoms with E-state index in [1.54, 1.807) is 68.4 Å². The van der Waals surface area contributed by atoms with Gasteiger partial charge in [-0.05, 0) is 68.7 Å². The first-order valence-corrected chi connectivity index (χ1v) is 26.4. The van der Waals surface area contributed by atoms with Crippen molar-refractivity contribution >= 4 is 55.3 Å². The Balaban J connectivity index is 1.38. The van der Waals surface area contributed by atoms with E-state index in [9.17, 15) is 38.2 Å². The fourth-order valence-corrected chi connectivity index (χ4v) is 12.0. The molecule has 2 N–H and O–H groups in total. The number of fused-ring (bicyclic) bond motifs is 4. The molecule has 3 aliphatic carbocycles. The molecule has 0 aromatic heterocycles. The first kappa shape index (κ1) is 55.4. The number of hydrogen-bond acceptors (Lipinski definition) is 20. The molecule has 4 fully saturated rings. The molecule has 2 heterocycles. The fourth-order valence-electron chi connectivity index (χ4n) is 11.7. The summed E-state index contributed by atoms with van der Waals surface area (Å²) in [6.07, 6.45) is -14.5. The number of ketones is 2. The minimum absolute atomic E-state index is 0.0335. The maximum Gasteiger partial charge on any atom is 0.509 e. The highest BCUT2D eigenvalue weighted by molar-refractivity contribution is 7.51. The Morgan fingerprint density at radius 1 is 0.882 bits per heavy atom. The second kappa shape index (κ2) is 21.3. The molecule has 3 aromatic rings. The molecule has 8 rings (SSSR count). The first-order valence-electron chi connectivity index (χ1n) is 24.4. The third kappa shape index (κ3) is 9.93. The average molecular weight is 1080 g/mol. The standard InChI is InChI=1S/C53H58NO21P/c1-9-65-48(61)69-40(38(31-19-13-10-14-20-31)54-45(58)32-21-15-11-16-22-32)47(60)68-39-29(3)37-34(25-28(2)55)42(57)51(7)35(66-27-67-76(8,63)64)26-36-53(75-74-36,72-30(4)56)41(51)44(70-46(59)33-23-17-12-18-24-33)52(50(37,5)6)43(39)71-49(62)73-52/h10-24,34-36,38-41,43-44H,9,25-27H2,1-8H3,(H,54,58)(H,63,64)/t34-,35+,36-,38+,39-,40-,41+,43+,44+,51-,52-,53-/m1/s1. The van der Waals surface area contributed by atoms with Crippen LogP contribution in [0.25, 0.3) is 0 Å². The molecule has 3 aromatic carbocycles. The maximum atomic E-state index is 16.4. The van der Waals surface area contributed by atoms with Gasteiger partial charge in [0.15, 0.2) is 31.2 Å². The lowest BCUT2D eigenvalue weighted by Crippen LogP contribution is -2.82. The number of hydrogen-bond donors (Lipinski definition) is 2. The molecule has 2 aliphatic heterocycles. The van der Waals surface area contributed by atoms with Gasteiger partial charge in [0.2, 0.25) is 11.7 Å². The number of amides is 1. The molecule has 76 heavy (non-hydrogen) atoms. The van der Waals surface area contributed by atoms with Crippen molar-refractivity contribution in [1.29, 1.82) is 0 Å². The van der Waals surface area contributed by atoms with Crippen molar-refractivity contribution in [2.75, 3.05) is 20.1 Å². The summed E-state index contributed by atoms with van der Waals surface area (Å²) in [5.41, 5.74) is -6.13. The Kier molecular flexibility index (Phi) is 15.5. The Morgan fingerprint density at radius 3 is 2.07 bits per heavy atom. The van der Waals surface area contributed by atoms with Crippen LogP contribution in [-0.2, 0) is 75.9 Å². The van der Waals surface area contributed by atoms with Crippen molar-refractivity contribution in [2.45, 2.75) is 115 Å². The average Bonchev–Trinajstić information content (AvgIpc) is 3.74. The lowest BCUT2D eigenvalue weighted by Gasteiger charge is -2.66. The van der Waals surface area contributed by atoms with Gasteiger partial charge in [0.05, 0.1) is 29.6 Å². The van der Waals surface area contributed by atoms with Crippen molar-refractivity contribution < 1.29 is 100 Å². The van der Waals surface area contributed by atoms with Gasteiger partial charge in [0.25, 0.3) is 11.7 Å². The first-order chi connectivity index (χ1) is 35.9. The van der Waals surface area contributed by atoms with Gasteiger partial charge in [-0.1, -0.05) is 80.6 Å². The lowest BCUT2D eigenvalue weighted by atomic mass is 9.44. The Hall–Kier alpha value is -6.81. The van der Waals surface area contributed by atoms with Gasteiger partial charge in [-0.25, -0.2) is 24.1 Å². The Morgan fingerprint density at radius 2 is 1.50 bits per heavy atom. The summed E-state index contributed by atoms with van der Waals surface area (Å²) in [6, 6.07) is 22.0. The van der Waals surface area contributed by atoms with Gasteiger partial charge >= 0.3 is 37.8 Å². The van der Waals surface area contributed by atoms with Crippen LogP contribution in [0, 0.1) is 22.7 Å². The van der Waals surface area contributed by atoms with Crippen LogP contribution in [0.15, 0.2) is 102 Å². The second-order valence-corrected chi connectivity index (χ2v) is 21.8. The third-order valence-corrected chi connectivity index (χ3v) is 15.4. The number of Topliss-reactive ketones (excluding diaryl/α,β-unsaturated/α-hetero) is 2. The number of nitrogens with one attached hydrogen (secondary N) is 1. The zero-order chi connectivity index (χ0) is 55.1. The van der Waals surface area contributed by atoms with Crippen LogP contribution in [0.5, 0.6) is 0 Å². The third-order valence-electron chi connectivity index (χ3n) is 14.9. The molecule has 23 heteroatoms. The highest BCUT2D eigenvalue weighted by Crippen LogP contribution is 2.68. The molecule has 1 unspecified atom stereocenters. The van der Waals surface area contributed by atoms with E-state index >= 15 is 9.59 Å². The van der Waals surface area contributed by atoms with E-state index in [4.69, 9.17) is 52.2 Å². The molecule has 2 bridgehead atoms. The summed E-state index contributed by atoms with van der Waals surface area (Å²) < 4.78 is 66.4. The minimum atomic E-state index is -4.24. The molecule has 2 saturated carbocycles. The molecular weight excluding hydrogens is 1020 g/mol. The van der Waals surface area contributed by atoms with Crippen molar-refractivity contribution in [3.05, 3.63) is 119 Å².